The summed E-state index contributed by atoms with van der Waals surface area (Å²) in [6, 6.07) is 3.90. The fourth-order valence-corrected chi connectivity index (χ4v) is 0.984. The molecular formula is C11H19N3. The molecule has 0 amide bonds. The van der Waals surface area contributed by atoms with Gasteiger partial charge in [0.2, 0.25) is 0 Å². The number of pyridine rings is 1. The second-order valence-corrected chi connectivity index (χ2v) is 2.18. The first-order valence-electron chi connectivity index (χ1n) is 5.10. The average molecular weight is 193 g/mol. The number of nitrogens with zero attached hydrogens (tertiary/aromatic N) is 3. The van der Waals surface area contributed by atoms with Crippen LogP contribution in [0.4, 0.5) is 0 Å². The van der Waals surface area contributed by atoms with Gasteiger partial charge in [0, 0.05) is 18.6 Å². The van der Waals surface area contributed by atoms with Gasteiger partial charge < -0.3 is 0 Å². The zero-order chi connectivity index (χ0) is 11.0. The largest absolute Gasteiger partial charge is 0.250 e. The lowest BCUT2D eigenvalue weighted by atomic mass is 10.4. The van der Waals surface area contributed by atoms with Gasteiger partial charge in [-0.3, -0.25) is 4.68 Å². The fourth-order valence-electron chi connectivity index (χ4n) is 0.984. The quantitative estimate of drug-likeness (QED) is 0.644. The molecule has 78 valence electrons. The first kappa shape index (κ1) is 12.6. The van der Waals surface area contributed by atoms with Gasteiger partial charge in [-0.25, -0.2) is 4.98 Å². The summed E-state index contributed by atoms with van der Waals surface area (Å²) in [4.78, 5) is 4.14. The second-order valence-electron chi connectivity index (χ2n) is 2.18. The van der Waals surface area contributed by atoms with E-state index in [1.165, 1.54) is 0 Å². The monoisotopic (exact) mass is 193 g/mol. The van der Waals surface area contributed by atoms with Crippen LogP contribution in [0.1, 0.15) is 27.7 Å². The standard InChI is InChI=1S/C7H7N3.2C2H6/c1-10-7-6(5-9-10)3-2-4-8-7;2*1-2/h2-5H,1H3;2*1-2H3. The van der Waals surface area contributed by atoms with Crippen molar-refractivity contribution in [1.29, 1.82) is 0 Å². The third-order valence-corrected chi connectivity index (χ3v) is 1.49. The van der Waals surface area contributed by atoms with Gasteiger partial charge >= 0.3 is 0 Å². The Morgan fingerprint density at radius 2 is 1.79 bits per heavy atom. The first-order chi connectivity index (χ1) is 6.88. The zero-order valence-corrected chi connectivity index (χ0v) is 9.65. The number of hydrogen-bond acceptors (Lipinski definition) is 2. The molecule has 2 heterocycles. The van der Waals surface area contributed by atoms with E-state index in [2.05, 4.69) is 10.1 Å². The summed E-state index contributed by atoms with van der Waals surface area (Å²) in [6.07, 6.45) is 3.58. The van der Waals surface area contributed by atoms with Crippen molar-refractivity contribution < 1.29 is 0 Å². The minimum atomic E-state index is 0.933. The molecule has 0 aliphatic rings. The van der Waals surface area contributed by atoms with Gasteiger partial charge in [0.25, 0.3) is 0 Å². The van der Waals surface area contributed by atoms with Crippen LogP contribution in [0.25, 0.3) is 11.0 Å². The molecule has 2 aromatic heterocycles. The molecule has 0 unspecified atom stereocenters. The highest BCUT2D eigenvalue weighted by molar-refractivity contribution is 5.73. The van der Waals surface area contributed by atoms with E-state index in [-0.39, 0.29) is 0 Å². The first-order valence-corrected chi connectivity index (χ1v) is 5.10. The Labute approximate surface area is 85.8 Å². The summed E-state index contributed by atoms with van der Waals surface area (Å²) in [7, 11) is 1.88. The van der Waals surface area contributed by atoms with E-state index in [0.717, 1.165) is 11.0 Å². The third kappa shape index (κ3) is 2.83. The zero-order valence-electron chi connectivity index (χ0n) is 9.65. The molecule has 0 aliphatic heterocycles. The number of hydrogen-bond donors (Lipinski definition) is 0. The van der Waals surface area contributed by atoms with Crippen LogP contribution in [0.5, 0.6) is 0 Å². The Balaban J connectivity index is 0.000000379. The summed E-state index contributed by atoms with van der Waals surface area (Å²) >= 11 is 0. The van der Waals surface area contributed by atoms with Crippen molar-refractivity contribution in [2.45, 2.75) is 27.7 Å². The molecule has 2 aromatic rings. The summed E-state index contributed by atoms with van der Waals surface area (Å²) in [6.45, 7) is 8.00. The molecule has 0 saturated heterocycles. The van der Waals surface area contributed by atoms with Crippen LogP contribution >= 0.6 is 0 Å². The SMILES string of the molecule is CC.CC.Cn1ncc2cccnc21. The van der Waals surface area contributed by atoms with E-state index in [4.69, 9.17) is 0 Å². The Hall–Kier alpha value is -1.38. The third-order valence-electron chi connectivity index (χ3n) is 1.49. The van der Waals surface area contributed by atoms with Gasteiger partial charge in [-0.05, 0) is 12.1 Å². The Bertz CT molecular complexity index is 352. The summed E-state index contributed by atoms with van der Waals surface area (Å²) in [5.74, 6) is 0. The predicted molar refractivity (Wildman–Crippen MR) is 61.2 cm³/mol. The van der Waals surface area contributed by atoms with Crippen LogP contribution in [0.15, 0.2) is 24.5 Å². The summed E-state index contributed by atoms with van der Waals surface area (Å²) in [5.41, 5.74) is 0.933. The van der Waals surface area contributed by atoms with E-state index in [1.54, 1.807) is 10.9 Å². The number of fused-ring (bicyclic) bond motifs is 1. The van der Waals surface area contributed by atoms with E-state index >= 15 is 0 Å². The maximum atomic E-state index is 4.14. The van der Waals surface area contributed by atoms with Crippen molar-refractivity contribution in [2.24, 2.45) is 7.05 Å². The van der Waals surface area contributed by atoms with E-state index in [0.29, 0.717) is 0 Å². The molecule has 0 radical (unpaired) electrons. The van der Waals surface area contributed by atoms with E-state index in [9.17, 15) is 0 Å². The highest BCUT2D eigenvalue weighted by atomic mass is 15.3. The molecule has 0 aromatic carbocycles. The molecule has 3 nitrogen and oxygen atoms in total. The Morgan fingerprint density at radius 1 is 1.14 bits per heavy atom. The molecule has 0 bridgehead atoms. The van der Waals surface area contributed by atoms with Gasteiger partial charge in [-0.1, -0.05) is 27.7 Å². The van der Waals surface area contributed by atoms with Crippen molar-refractivity contribution in [3.05, 3.63) is 24.5 Å². The second kappa shape index (κ2) is 7.06. The maximum absolute atomic E-state index is 4.14. The molecule has 3 heteroatoms. The van der Waals surface area contributed by atoms with Crippen LogP contribution in [0, 0.1) is 0 Å². The van der Waals surface area contributed by atoms with E-state index in [1.807, 2.05) is 53.1 Å². The van der Waals surface area contributed by atoms with Crippen molar-refractivity contribution >= 4 is 11.0 Å². The van der Waals surface area contributed by atoms with Gasteiger partial charge in [0.1, 0.15) is 0 Å². The minimum absolute atomic E-state index is 0.933. The number of aryl methyl sites for hydroxylation is 1. The molecule has 0 spiro atoms. The lowest BCUT2D eigenvalue weighted by Crippen LogP contribution is -1.89. The smallest absolute Gasteiger partial charge is 0.157 e. The van der Waals surface area contributed by atoms with E-state index < -0.39 is 0 Å². The van der Waals surface area contributed by atoms with Gasteiger partial charge in [-0.2, -0.15) is 5.10 Å². The van der Waals surface area contributed by atoms with Crippen molar-refractivity contribution in [2.75, 3.05) is 0 Å². The molecule has 0 fully saturated rings. The minimum Gasteiger partial charge on any atom is -0.250 e. The van der Waals surface area contributed by atoms with Crippen LogP contribution < -0.4 is 0 Å². The van der Waals surface area contributed by atoms with Crippen LogP contribution in [0.2, 0.25) is 0 Å². The summed E-state index contributed by atoms with van der Waals surface area (Å²) < 4.78 is 1.76. The molecule has 2 rings (SSSR count). The molecular weight excluding hydrogens is 174 g/mol. The Morgan fingerprint density at radius 3 is 2.36 bits per heavy atom. The van der Waals surface area contributed by atoms with Crippen molar-refractivity contribution in [3.8, 4) is 0 Å². The van der Waals surface area contributed by atoms with Crippen molar-refractivity contribution in [3.63, 3.8) is 0 Å². The topological polar surface area (TPSA) is 30.7 Å². The predicted octanol–water partition coefficient (Wildman–Crippen LogP) is 3.02. The summed E-state index contributed by atoms with van der Waals surface area (Å²) in [5, 5.41) is 5.14. The van der Waals surface area contributed by atoms with Crippen LogP contribution in [-0.2, 0) is 7.05 Å². The normalized spacial score (nSPS) is 8.36. The van der Waals surface area contributed by atoms with Crippen LogP contribution in [-0.4, -0.2) is 14.8 Å². The molecule has 0 aliphatic carbocycles. The van der Waals surface area contributed by atoms with Gasteiger partial charge in [0.15, 0.2) is 5.65 Å². The fraction of sp³-hybridized carbons (Fsp3) is 0.455. The highest BCUT2D eigenvalue weighted by Crippen LogP contribution is 2.06. The molecule has 14 heavy (non-hydrogen) atoms. The maximum Gasteiger partial charge on any atom is 0.157 e. The average Bonchev–Trinajstić information content (AvgIpc) is 2.67. The van der Waals surface area contributed by atoms with Crippen LogP contribution in [0.3, 0.4) is 0 Å². The number of rotatable bonds is 0. The van der Waals surface area contributed by atoms with Gasteiger partial charge in [0.05, 0.1) is 6.20 Å². The lowest BCUT2D eigenvalue weighted by Gasteiger charge is -1.88. The number of aromatic nitrogens is 3. The molecule has 0 saturated carbocycles. The van der Waals surface area contributed by atoms with Crippen molar-refractivity contribution in [1.82, 2.24) is 14.8 Å². The Kier molecular flexibility index (Phi) is 6.37. The van der Waals surface area contributed by atoms with Gasteiger partial charge in [-0.15, -0.1) is 0 Å². The molecule has 0 atom stereocenters. The molecule has 0 N–H and O–H groups in total. The highest BCUT2D eigenvalue weighted by Gasteiger charge is 1.95. The lowest BCUT2D eigenvalue weighted by molar-refractivity contribution is 0.786.